The lowest BCUT2D eigenvalue weighted by Crippen LogP contribution is -2.10. The molecule has 1 heterocycles. The summed E-state index contributed by atoms with van der Waals surface area (Å²) in [6.45, 7) is 13.3. The van der Waals surface area contributed by atoms with Crippen LogP contribution in [0.1, 0.15) is 63.8 Å². The number of para-hydroxylation sites is 1. The lowest BCUT2D eigenvalue weighted by atomic mass is 9.85. The zero-order valence-electron chi connectivity index (χ0n) is 19.0. The second-order valence-electron chi connectivity index (χ2n) is 10.2. The quantitative estimate of drug-likeness (QED) is 0.338. The van der Waals surface area contributed by atoms with E-state index in [2.05, 4.69) is 94.6 Å². The topological polar surface area (TPSA) is 52.5 Å². The predicted molar refractivity (Wildman–Crippen MR) is 128 cm³/mol. The van der Waals surface area contributed by atoms with Gasteiger partial charge in [-0.3, -0.25) is 0 Å². The molecule has 0 saturated carbocycles. The molecule has 31 heavy (non-hydrogen) atoms. The molecule has 4 rings (SSSR count). The van der Waals surface area contributed by atoms with Crippen LogP contribution in [0.3, 0.4) is 0 Å². The van der Waals surface area contributed by atoms with Crippen LogP contribution in [0, 0.1) is 22.7 Å². The van der Waals surface area contributed by atoms with E-state index in [-0.39, 0.29) is 10.8 Å². The highest BCUT2D eigenvalue weighted by Gasteiger charge is 2.22. The summed E-state index contributed by atoms with van der Waals surface area (Å²) in [6, 6.07) is 23.0. The zero-order chi connectivity index (χ0) is 22.6. The first-order chi connectivity index (χ1) is 14.6. The van der Waals surface area contributed by atoms with Gasteiger partial charge in [0.05, 0.1) is 27.8 Å². The number of aromatic nitrogens is 1. The third kappa shape index (κ3) is 3.37. The average molecular weight is 406 g/mol. The maximum atomic E-state index is 9.81. The van der Waals surface area contributed by atoms with Crippen LogP contribution < -0.4 is 0 Å². The van der Waals surface area contributed by atoms with Crippen molar-refractivity contribution in [1.82, 2.24) is 4.57 Å². The summed E-state index contributed by atoms with van der Waals surface area (Å²) in [5.74, 6) is 0. The first-order valence-corrected chi connectivity index (χ1v) is 10.6. The van der Waals surface area contributed by atoms with Gasteiger partial charge in [0.2, 0.25) is 0 Å². The number of benzene rings is 3. The van der Waals surface area contributed by atoms with Gasteiger partial charge >= 0.3 is 0 Å². The van der Waals surface area contributed by atoms with Crippen molar-refractivity contribution in [3.63, 3.8) is 0 Å². The molecule has 0 N–H and O–H groups in total. The van der Waals surface area contributed by atoms with Crippen molar-refractivity contribution in [3.05, 3.63) is 76.9 Å². The molecule has 0 aliphatic carbocycles. The Hall–Kier alpha value is -3.56. The van der Waals surface area contributed by atoms with Gasteiger partial charge in [-0.15, -0.1) is 0 Å². The van der Waals surface area contributed by atoms with Crippen molar-refractivity contribution in [2.75, 3.05) is 0 Å². The molecule has 0 spiro atoms. The first kappa shape index (κ1) is 20.7. The fourth-order valence-corrected chi connectivity index (χ4v) is 4.16. The lowest BCUT2D eigenvalue weighted by molar-refractivity contribution is 0.590. The van der Waals surface area contributed by atoms with Crippen LogP contribution in [0.5, 0.6) is 0 Å². The molecule has 0 saturated heterocycles. The summed E-state index contributed by atoms with van der Waals surface area (Å²) in [5, 5.41) is 21.9. The summed E-state index contributed by atoms with van der Waals surface area (Å²) in [6.07, 6.45) is 0. The third-order valence-corrected chi connectivity index (χ3v) is 6.00. The summed E-state index contributed by atoms with van der Waals surface area (Å²) >= 11 is 0. The van der Waals surface area contributed by atoms with E-state index < -0.39 is 0 Å². The van der Waals surface area contributed by atoms with E-state index in [4.69, 9.17) is 0 Å². The fourth-order valence-electron chi connectivity index (χ4n) is 4.16. The second kappa shape index (κ2) is 7.00. The van der Waals surface area contributed by atoms with Gasteiger partial charge in [-0.1, -0.05) is 59.7 Å². The van der Waals surface area contributed by atoms with Gasteiger partial charge in [-0.2, -0.15) is 10.5 Å². The Bertz CT molecular complexity index is 1300. The van der Waals surface area contributed by atoms with Crippen molar-refractivity contribution in [2.45, 2.75) is 52.4 Å². The van der Waals surface area contributed by atoms with Crippen LogP contribution in [0.25, 0.3) is 27.5 Å². The molecule has 0 bridgehead atoms. The van der Waals surface area contributed by atoms with Gasteiger partial charge in [-0.05, 0) is 58.4 Å². The molecule has 0 amide bonds. The molecule has 3 aromatic carbocycles. The van der Waals surface area contributed by atoms with Gasteiger partial charge in [0, 0.05) is 10.8 Å². The Labute approximate surface area is 184 Å². The number of hydrogen-bond acceptors (Lipinski definition) is 2. The smallest absolute Gasteiger partial charge is 0.101 e. The summed E-state index contributed by atoms with van der Waals surface area (Å²) in [5.41, 5.74) is 6.22. The van der Waals surface area contributed by atoms with Crippen LogP contribution in [0.2, 0.25) is 0 Å². The minimum Gasteiger partial charge on any atom is -0.307 e. The number of hydrogen-bond donors (Lipinski definition) is 0. The Kier molecular flexibility index (Phi) is 4.68. The average Bonchev–Trinajstić information content (AvgIpc) is 3.04. The van der Waals surface area contributed by atoms with E-state index >= 15 is 0 Å². The van der Waals surface area contributed by atoms with Crippen LogP contribution in [0.15, 0.2) is 54.6 Å². The molecular formula is C28H27N3. The van der Waals surface area contributed by atoms with E-state index in [1.165, 1.54) is 11.1 Å². The van der Waals surface area contributed by atoms with E-state index in [1.54, 1.807) is 18.2 Å². The summed E-state index contributed by atoms with van der Waals surface area (Å²) in [7, 11) is 0. The normalized spacial score (nSPS) is 12.1. The highest BCUT2D eigenvalue weighted by molar-refractivity contribution is 6.10. The van der Waals surface area contributed by atoms with Crippen LogP contribution in [0.4, 0.5) is 0 Å². The molecule has 0 unspecified atom stereocenters. The minimum atomic E-state index is 0.0205. The molecule has 3 heteroatoms. The van der Waals surface area contributed by atoms with Crippen LogP contribution >= 0.6 is 0 Å². The van der Waals surface area contributed by atoms with Crippen molar-refractivity contribution in [2.24, 2.45) is 0 Å². The Morgan fingerprint density at radius 1 is 0.645 bits per heavy atom. The Morgan fingerprint density at radius 3 is 1.42 bits per heavy atom. The molecular weight excluding hydrogens is 378 g/mol. The van der Waals surface area contributed by atoms with E-state index in [0.29, 0.717) is 16.8 Å². The third-order valence-electron chi connectivity index (χ3n) is 6.00. The number of nitrogens with zero attached hydrogens (tertiary/aromatic N) is 3. The molecule has 0 aliphatic rings. The second-order valence-corrected chi connectivity index (χ2v) is 10.2. The van der Waals surface area contributed by atoms with Crippen molar-refractivity contribution < 1.29 is 0 Å². The predicted octanol–water partition coefficient (Wildman–Crippen LogP) is 7.12. The number of nitriles is 2. The molecule has 4 aromatic rings. The monoisotopic (exact) mass is 405 g/mol. The highest BCUT2D eigenvalue weighted by atomic mass is 15.0. The Morgan fingerprint density at radius 2 is 1.06 bits per heavy atom. The largest absolute Gasteiger partial charge is 0.307 e. The highest BCUT2D eigenvalue weighted by Crippen LogP contribution is 2.38. The lowest BCUT2D eigenvalue weighted by Gasteiger charge is -2.19. The van der Waals surface area contributed by atoms with E-state index in [0.717, 1.165) is 21.8 Å². The maximum Gasteiger partial charge on any atom is 0.101 e. The van der Waals surface area contributed by atoms with Gasteiger partial charge in [-0.25, -0.2) is 0 Å². The molecule has 0 atom stereocenters. The summed E-state index contributed by atoms with van der Waals surface area (Å²) in [4.78, 5) is 0. The fraction of sp³-hybridized carbons (Fsp3) is 0.286. The molecule has 1 aromatic heterocycles. The van der Waals surface area contributed by atoms with E-state index in [9.17, 15) is 10.5 Å². The van der Waals surface area contributed by atoms with Gasteiger partial charge in [0.1, 0.15) is 12.1 Å². The first-order valence-electron chi connectivity index (χ1n) is 10.6. The standard InChI is InChI=1S/C28H27N3/c1-27(2,3)20-10-12-24-22(14-20)23-15-21(28(4,5)6)11-13-25(23)31(24)26-18(16-29)8-7-9-19(26)17-30/h7-15H,1-6H3. The van der Waals surface area contributed by atoms with Crippen molar-refractivity contribution in [3.8, 4) is 17.8 Å². The van der Waals surface area contributed by atoms with E-state index in [1.807, 2.05) is 0 Å². The molecule has 0 aliphatic heterocycles. The SMILES string of the molecule is CC(C)(C)c1ccc2c(c1)c1cc(C(C)(C)C)ccc1n2-c1c(C#N)cccc1C#N. The number of rotatable bonds is 1. The van der Waals surface area contributed by atoms with Gasteiger partial charge in [0.15, 0.2) is 0 Å². The zero-order valence-corrected chi connectivity index (χ0v) is 19.0. The minimum absolute atomic E-state index is 0.0205. The molecule has 0 radical (unpaired) electrons. The van der Waals surface area contributed by atoms with Crippen molar-refractivity contribution >= 4 is 21.8 Å². The van der Waals surface area contributed by atoms with Crippen LogP contribution in [-0.4, -0.2) is 4.57 Å². The van der Waals surface area contributed by atoms with Gasteiger partial charge in [0.25, 0.3) is 0 Å². The maximum absolute atomic E-state index is 9.81. The summed E-state index contributed by atoms with van der Waals surface area (Å²) < 4.78 is 2.08. The number of fused-ring (bicyclic) bond motifs is 3. The van der Waals surface area contributed by atoms with Gasteiger partial charge < -0.3 is 4.57 Å². The van der Waals surface area contributed by atoms with Crippen molar-refractivity contribution in [1.29, 1.82) is 10.5 Å². The van der Waals surface area contributed by atoms with Crippen LogP contribution in [-0.2, 0) is 10.8 Å². The Balaban J connectivity index is 2.22. The molecule has 3 nitrogen and oxygen atoms in total. The molecule has 154 valence electrons. The molecule has 0 fully saturated rings.